The minimum Gasteiger partial charge on any atom is -0.359 e. The van der Waals surface area contributed by atoms with Crippen LogP contribution in [0.15, 0.2) is 77.4 Å². The number of dihydropyridines is 1. The number of amidine groups is 1. The Bertz CT molecular complexity index is 685. The third-order valence-electron chi connectivity index (χ3n) is 3.48. The number of hydrogen-bond donors (Lipinski definition) is 2. The summed E-state index contributed by atoms with van der Waals surface area (Å²) < 4.78 is 0. The molecule has 0 aliphatic carbocycles. The van der Waals surface area contributed by atoms with E-state index < -0.39 is 0 Å². The number of hydrogen-bond acceptors (Lipinski definition) is 3. The lowest BCUT2D eigenvalue weighted by atomic mass is 9.96. The fraction of sp³-hybridized carbons (Fsp3) is 0.211. The SMILES string of the molecule is CC1(C)CC(Nc2ccccc2)=CC(Nc2ccccc2)=N1. The van der Waals surface area contributed by atoms with Gasteiger partial charge in [-0.3, -0.25) is 4.99 Å². The maximum absolute atomic E-state index is 4.79. The molecule has 0 saturated carbocycles. The summed E-state index contributed by atoms with van der Waals surface area (Å²) in [6.07, 6.45) is 2.98. The van der Waals surface area contributed by atoms with Crippen LogP contribution in [-0.2, 0) is 0 Å². The van der Waals surface area contributed by atoms with Crippen LogP contribution in [-0.4, -0.2) is 11.4 Å². The summed E-state index contributed by atoms with van der Waals surface area (Å²) in [7, 11) is 0. The lowest BCUT2D eigenvalue weighted by molar-refractivity contribution is 0.514. The van der Waals surface area contributed by atoms with Crippen molar-refractivity contribution in [2.45, 2.75) is 25.8 Å². The van der Waals surface area contributed by atoms with E-state index in [1.807, 2.05) is 48.5 Å². The summed E-state index contributed by atoms with van der Waals surface area (Å²) in [5, 5.41) is 6.88. The molecule has 0 spiro atoms. The van der Waals surface area contributed by atoms with E-state index in [-0.39, 0.29) is 5.54 Å². The Kier molecular flexibility index (Phi) is 3.96. The van der Waals surface area contributed by atoms with Crippen molar-refractivity contribution in [2.75, 3.05) is 10.6 Å². The van der Waals surface area contributed by atoms with Crippen LogP contribution in [0.25, 0.3) is 0 Å². The van der Waals surface area contributed by atoms with Crippen molar-refractivity contribution >= 4 is 17.2 Å². The van der Waals surface area contributed by atoms with Gasteiger partial charge in [0.15, 0.2) is 0 Å². The monoisotopic (exact) mass is 291 g/mol. The van der Waals surface area contributed by atoms with Crippen LogP contribution in [0.1, 0.15) is 20.3 Å². The Labute approximate surface area is 131 Å². The van der Waals surface area contributed by atoms with Gasteiger partial charge in [0.1, 0.15) is 5.84 Å². The van der Waals surface area contributed by atoms with Crippen LogP contribution in [0.3, 0.4) is 0 Å². The van der Waals surface area contributed by atoms with Crippen LogP contribution < -0.4 is 10.6 Å². The van der Waals surface area contributed by atoms with Crippen molar-refractivity contribution in [3.05, 3.63) is 72.4 Å². The van der Waals surface area contributed by atoms with Crippen molar-refractivity contribution in [1.82, 2.24) is 0 Å². The highest BCUT2D eigenvalue weighted by Crippen LogP contribution is 2.26. The number of para-hydroxylation sites is 2. The Morgan fingerprint density at radius 1 is 0.818 bits per heavy atom. The number of aliphatic imine (C=N–C) groups is 1. The van der Waals surface area contributed by atoms with E-state index in [2.05, 4.69) is 42.7 Å². The quantitative estimate of drug-likeness (QED) is 0.861. The van der Waals surface area contributed by atoms with Crippen molar-refractivity contribution in [2.24, 2.45) is 4.99 Å². The highest BCUT2D eigenvalue weighted by Gasteiger charge is 2.23. The molecule has 0 unspecified atom stereocenters. The average molecular weight is 291 g/mol. The van der Waals surface area contributed by atoms with Gasteiger partial charge in [-0.1, -0.05) is 36.4 Å². The van der Waals surface area contributed by atoms with Gasteiger partial charge in [0, 0.05) is 23.5 Å². The largest absolute Gasteiger partial charge is 0.359 e. The molecule has 22 heavy (non-hydrogen) atoms. The molecule has 1 heterocycles. The van der Waals surface area contributed by atoms with Gasteiger partial charge in [-0.15, -0.1) is 0 Å². The number of nitrogens with zero attached hydrogens (tertiary/aromatic N) is 1. The smallest absolute Gasteiger partial charge is 0.127 e. The van der Waals surface area contributed by atoms with E-state index in [9.17, 15) is 0 Å². The molecule has 1 aliphatic rings. The molecule has 0 radical (unpaired) electrons. The van der Waals surface area contributed by atoms with Crippen molar-refractivity contribution in [3.8, 4) is 0 Å². The number of rotatable bonds is 3. The van der Waals surface area contributed by atoms with Crippen molar-refractivity contribution < 1.29 is 0 Å². The second kappa shape index (κ2) is 6.06. The molecular weight excluding hydrogens is 270 g/mol. The van der Waals surface area contributed by atoms with Gasteiger partial charge < -0.3 is 10.6 Å². The van der Waals surface area contributed by atoms with Crippen molar-refractivity contribution in [3.63, 3.8) is 0 Å². The van der Waals surface area contributed by atoms with E-state index in [4.69, 9.17) is 4.99 Å². The summed E-state index contributed by atoms with van der Waals surface area (Å²) in [6, 6.07) is 20.4. The van der Waals surface area contributed by atoms with Crippen LogP contribution in [0.5, 0.6) is 0 Å². The topological polar surface area (TPSA) is 36.4 Å². The minimum absolute atomic E-state index is 0.122. The Morgan fingerprint density at radius 2 is 1.36 bits per heavy atom. The molecule has 0 amide bonds. The predicted molar refractivity (Wildman–Crippen MR) is 94.3 cm³/mol. The Hall–Kier alpha value is -2.55. The van der Waals surface area contributed by atoms with Crippen LogP contribution >= 0.6 is 0 Å². The molecule has 3 rings (SSSR count). The average Bonchev–Trinajstić information content (AvgIpc) is 2.47. The molecule has 112 valence electrons. The zero-order valence-electron chi connectivity index (χ0n) is 13.0. The molecule has 0 atom stereocenters. The summed E-state index contributed by atoms with van der Waals surface area (Å²) in [4.78, 5) is 4.79. The molecule has 2 aromatic carbocycles. The normalized spacial score (nSPS) is 16.5. The third-order valence-corrected chi connectivity index (χ3v) is 3.48. The van der Waals surface area contributed by atoms with Gasteiger partial charge in [0.05, 0.1) is 5.54 Å². The van der Waals surface area contributed by atoms with Gasteiger partial charge in [0.2, 0.25) is 0 Å². The van der Waals surface area contributed by atoms with Crippen molar-refractivity contribution in [1.29, 1.82) is 0 Å². The highest BCUT2D eigenvalue weighted by atomic mass is 15.0. The second-order valence-corrected chi connectivity index (χ2v) is 6.14. The first kappa shape index (κ1) is 14.4. The van der Waals surface area contributed by atoms with Gasteiger partial charge in [-0.2, -0.15) is 0 Å². The Morgan fingerprint density at radius 3 is 1.95 bits per heavy atom. The minimum atomic E-state index is -0.122. The first-order valence-corrected chi connectivity index (χ1v) is 7.55. The fourth-order valence-corrected chi connectivity index (χ4v) is 2.60. The molecule has 3 heteroatoms. The lowest BCUT2D eigenvalue weighted by Gasteiger charge is -2.28. The van der Waals surface area contributed by atoms with E-state index in [1.54, 1.807) is 0 Å². The molecule has 0 saturated heterocycles. The van der Waals surface area contributed by atoms with Gasteiger partial charge >= 0.3 is 0 Å². The molecule has 1 aliphatic heterocycles. The summed E-state index contributed by atoms with van der Waals surface area (Å²) >= 11 is 0. The Balaban J connectivity index is 1.81. The van der Waals surface area contributed by atoms with E-state index in [1.165, 1.54) is 5.70 Å². The van der Waals surface area contributed by atoms with Gasteiger partial charge in [0.25, 0.3) is 0 Å². The summed E-state index contributed by atoms with van der Waals surface area (Å²) in [6.45, 7) is 4.30. The molecule has 0 aromatic heterocycles. The highest BCUT2D eigenvalue weighted by molar-refractivity contribution is 6.05. The number of anilines is 2. The maximum atomic E-state index is 4.79. The van der Waals surface area contributed by atoms with Gasteiger partial charge in [-0.25, -0.2) is 0 Å². The number of nitrogens with one attached hydrogen (secondary N) is 2. The molecule has 0 bridgehead atoms. The fourth-order valence-electron chi connectivity index (χ4n) is 2.60. The predicted octanol–water partition coefficient (Wildman–Crippen LogP) is 4.68. The summed E-state index contributed by atoms with van der Waals surface area (Å²) in [5.41, 5.74) is 3.20. The molecule has 0 fully saturated rings. The van der Waals surface area contributed by atoms with Crippen LogP contribution in [0, 0.1) is 0 Å². The third kappa shape index (κ3) is 3.76. The number of benzene rings is 2. The molecule has 3 nitrogen and oxygen atoms in total. The zero-order chi connectivity index (χ0) is 15.4. The zero-order valence-corrected chi connectivity index (χ0v) is 13.0. The first-order valence-electron chi connectivity index (χ1n) is 7.55. The first-order chi connectivity index (χ1) is 10.6. The van der Waals surface area contributed by atoms with E-state index in [0.29, 0.717) is 0 Å². The van der Waals surface area contributed by atoms with E-state index >= 15 is 0 Å². The van der Waals surface area contributed by atoms with Gasteiger partial charge in [-0.05, 0) is 44.2 Å². The molecule has 2 aromatic rings. The second-order valence-electron chi connectivity index (χ2n) is 6.14. The van der Waals surface area contributed by atoms with E-state index in [0.717, 1.165) is 23.6 Å². The maximum Gasteiger partial charge on any atom is 0.127 e. The summed E-state index contributed by atoms with van der Waals surface area (Å²) in [5.74, 6) is 0.890. The van der Waals surface area contributed by atoms with Crippen LogP contribution in [0.2, 0.25) is 0 Å². The lowest BCUT2D eigenvalue weighted by Crippen LogP contribution is -2.29. The molecular formula is C19H21N3. The van der Waals surface area contributed by atoms with Crippen LogP contribution in [0.4, 0.5) is 11.4 Å². The molecule has 2 N–H and O–H groups in total. The standard InChI is InChI=1S/C19H21N3/c1-19(2)14-17(20-15-9-5-3-6-10-15)13-18(22-19)21-16-11-7-4-8-12-16/h3-13,20H,14H2,1-2H3,(H,21,22).